The van der Waals surface area contributed by atoms with Gasteiger partial charge in [0.25, 0.3) is 5.56 Å². The third kappa shape index (κ3) is 6.24. The molecule has 0 atom stereocenters. The number of hydrogen-bond donors (Lipinski definition) is 1. The second kappa shape index (κ2) is 11.9. The molecule has 1 saturated heterocycles. The van der Waals surface area contributed by atoms with Crippen LogP contribution in [0.5, 0.6) is 0 Å². The average Bonchev–Trinajstić information content (AvgIpc) is 3.09. The summed E-state index contributed by atoms with van der Waals surface area (Å²) in [5.74, 6) is 0.182. The van der Waals surface area contributed by atoms with E-state index in [0.29, 0.717) is 27.3 Å². The van der Waals surface area contributed by atoms with Gasteiger partial charge in [0, 0.05) is 55.6 Å². The molecule has 1 aromatic heterocycles. The fourth-order valence-corrected chi connectivity index (χ4v) is 4.77. The minimum absolute atomic E-state index is 0.0330. The maximum Gasteiger partial charge on any atom is 0.262 e. The van der Waals surface area contributed by atoms with E-state index in [-0.39, 0.29) is 24.1 Å². The van der Waals surface area contributed by atoms with Crippen molar-refractivity contribution in [2.75, 3.05) is 51.3 Å². The summed E-state index contributed by atoms with van der Waals surface area (Å²) in [5, 5.41) is 3.91. The fourth-order valence-electron chi connectivity index (χ4n) is 4.58. The summed E-state index contributed by atoms with van der Waals surface area (Å²) in [6, 6.07) is 13.0. The van der Waals surface area contributed by atoms with Crippen molar-refractivity contribution in [3.05, 3.63) is 57.8 Å². The molecule has 3 aromatic rings. The zero-order valence-corrected chi connectivity index (χ0v) is 21.9. The summed E-state index contributed by atoms with van der Waals surface area (Å²) in [4.78, 5) is 36.0. The Bertz CT molecular complexity index is 1280. The van der Waals surface area contributed by atoms with Crippen LogP contribution in [0.15, 0.2) is 47.3 Å². The number of carbonyl (C=O) groups is 1. The Labute approximate surface area is 216 Å². The normalized spacial score (nSPS) is 14.9. The second-order valence-corrected chi connectivity index (χ2v) is 9.87. The summed E-state index contributed by atoms with van der Waals surface area (Å²) in [5.41, 5.74) is 2.03. The number of methoxy groups -OCH3 is 1. The number of ether oxygens (including phenoxy) is 1. The molecule has 192 valence electrons. The van der Waals surface area contributed by atoms with Gasteiger partial charge in [-0.25, -0.2) is 4.98 Å². The van der Waals surface area contributed by atoms with Crippen molar-refractivity contribution < 1.29 is 9.53 Å². The van der Waals surface area contributed by atoms with Crippen molar-refractivity contribution in [2.24, 2.45) is 0 Å². The molecule has 2 heterocycles. The van der Waals surface area contributed by atoms with Crippen molar-refractivity contribution in [3.8, 4) is 11.4 Å². The number of rotatable bonds is 8. The third-order valence-electron chi connectivity index (χ3n) is 6.34. The largest absolute Gasteiger partial charge is 0.383 e. The van der Waals surface area contributed by atoms with Gasteiger partial charge in [0.1, 0.15) is 12.4 Å². The van der Waals surface area contributed by atoms with E-state index < -0.39 is 0 Å². The summed E-state index contributed by atoms with van der Waals surface area (Å²) >= 11 is 6.23. The lowest BCUT2D eigenvalue weighted by atomic mass is 10.1. The van der Waals surface area contributed by atoms with E-state index in [1.807, 2.05) is 44.2 Å². The quantitative estimate of drug-likeness (QED) is 0.499. The highest BCUT2D eigenvalue weighted by molar-refractivity contribution is 6.30. The van der Waals surface area contributed by atoms with Crippen LogP contribution in [-0.4, -0.2) is 72.8 Å². The summed E-state index contributed by atoms with van der Waals surface area (Å²) in [6.45, 7) is 9.04. The highest BCUT2D eigenvalue weighted by Gasteiger charge is 2.19. The molecule has 0 aliphatic carbocycles. The molecule has 1 fully saturated rings. The first-order valence-electron chi connectivity index (χ1n) is 12.4. The maximum absolute atomic E-state index is 13.8. The van der Waals surface area contributed by atoms with Crippen molar-refractivity contribution in [2.45, 2.75) is 32.9 Å². The van der Waals surface area contributed by atoms with Crippen molar-refractivity contribution in [1.29, 1.82) is 0 Å². The fraction of sp³-hybridized carbons (Fsp3) is 0.444. The average molecular weight is 512 g/mol. The lowest BCUT2D eigenvalue weighted by molar-refractivity contribution is -0.122. The van der Waals surface area contributed by atoms with Gasteiger partial charge in [-0.3, -0.25) is 19.1 Å². The van der Waals surface area contributed by atoms with E-state index in [9.17, 15) is 9.59 Å². The Hall–Kier alpha value is -2.94. The van der Waals surface area contributed by atoms with E-state index in [1.54, 1.807) is 19.2 Å². The molecule has 9 heteroatoms. The first-order valence-corrected chi connectivity index (χ1v) is 12.8. The Morgan fingerprint density at radius 1 is 1.14 bits per heavy atom. The molecule has 0 radical (unpaired) electrons. The number of anilines is 1. The van der Waals surface area contributed by atoms with Crippen LogP contribution in [0.25, 0.3) is 22.3 Å². The highest BCUT2D eigenvalue weighted by atomic mass is 35.5. The van der Waals surface area contributed by atoms with Gasteiger partial charge in [0.15, 0.2) is 0 Å². The Morgan fingerprint density at radius 3 is 2.72 bits per heavy atom. The number of fused-ring (bicyclic) bond motifs is 1. The molecule has 4 rings (SSSR count). The first-order chi connectivity index (χ1) is 17.4. The molecule has 1 aliphatic heterocycles. The van der Waals surface area contributed by atoms with Crippen LogP contribution in [-0.2, 0) is 16.1 Å². The van der Waals surface area contributed by atoms with Gasteiger partial charge in [0.05, 0.1) is 17.5 Å². The molecule has 2 aromatic carbocycles. The molecule has 0 unspecified atom stereocenters. The van der Waals surface area contributed by atoms with Crippen LogP contribution in [0.4, 0.5) is 5.69 Å². The topological polar surface area (TPSA) is 79.7 Å². The van der Waals surface area contributed by atoms with Crippen LogP contribution in [0.1, 0.15) is 20.3 Å². The van der Waals surface area contributed by atoms with Crippen molar-refractivity contribution >= 4 is 34.1 Å². The summed E-state index contributed by atoms with van der Waals surface area (Å²) in [7, 11) is 1.73. The Balaban J connectivity index is 1.72. The molecular weight excluding hydrogens is 478 g/mol. The molecule has 1 N–H and O–H groups in total. The molecule has 0 spiro atoms. The van der Waals surface area contributed by atoms with Crippen molar-refractivity contribution in [1.82, 2.24) is 19.8 Å². The number of nitrogens with zero attached hydrogens (tertiary/aromatic N) is 4. The first kappa shape index (κ1) is 26.1. The lowest BCUT2D eigenvalue weighted by Gasteiger charge is -2.24. The van der Waals surface area contributed by atoms with Crippen LogP contribution in [0.3, 0.4) is 0 Å². The zero-order valence-electron chi connectivity index (χ0n) is 21.2. The molecular formula is C27H34ClN5O3. The van der Waals surface area contributed by atoms with E-state index in [4.69, 9.17) is 21.3 Å². The van der Waals surface area contributed by atoms with Crippen LogP contribution in [0.2, 0.25) is 5.02 Å². The minimum Gasteiger partial charge on any atom is -0.383 e. The van der Waals surface area contributed by atoms with Gasteiger partial charge in [-0.15, -0.1) is 0 Å². The third-order valence-corrected chi connectivity index (χ3v) is 6.57. The Morgan fingerprint density at radius 2 is 1.97 bits per heavy atom. The van der Waals surface area contributed by atoms with E-state index in [1.165, 1.54) is 4.57 Å². The number of carbonyl (C=O) groups excluding carboxylic acids is 1. The molecule has 0 saturated carbocycles. The maximum atomic E-state index is 13.8. The SMILES string of the molecule is COCCN1CCCN(c2ccc3nc(-c4cccc(Cl)c4)n(CC(=O)NC(C)C)c(=O)c3c2)CC1. The number of benzene rings is 2. The molecule has 0 bridgehead atoms. The van der Waals surface area contributed by atoms with Gasteiger partial charge in [-0.05, 0) is 57.1 Å². The summed E-state index contributed by atoms with van der Waals surface area (Å²) < 4.78 is 6.68. The summed E-state index contributed by atoms with van der Waals surface area (Å²) in [6.07, 6.45) is 1.04. The molecule has 1 amide bonds. The van der Waals surface area contributed by atoms with Gasteiger partial charge < -0.3 is 15.0 Å². The number of halogens is 1. The zero-order chi connectivity index (χ0) is 25.7. The highest BCUT2D eigenvalue weighted by Crippen LogP contribution is 2.25. The van der Waals surface area contributed by atoms with Crippen molar-refractivity contribution in [3.63, 3.8) is 0 Å². The molecule has 8 nitrogen and oxygen atoms in total. The van der Waals surface area contributed by atoms with Crippen LogP contribution in [0, 0.1) is 0 Å². The number of amides is 1. The van der Waals surface area contributed by atoms with Gasteiger partial charge in [-0.2, -0.15) is 0 Å². The molecule has 36 heavy (non-hydrogen) atoms. The Kier molecular flexibility index (Phi) is 8.61. The predicted molar refractivity (Wildman–Crippen MR) is 145 cm³/mol. The minimum atomic E-state index is -0.243. The van der Waals surface area contributed by atoms with Gasteiger partial charge in [-0.1, -0.05) is 23.7 Å². The van der Waals surface area contributed by atoms with Crippen LogP contribution >= 0.6 is 11.6 Å². The van der Waals surface area contributed by atoms with Crippen LogP contribution < -0.4 is 15.8 Å². The monoisotopic (exact) mass is 511 g/mol. The van der Waals surface area contributed by atoms with E-state index in [0.717, 1.165) is 51.4 Å². The van der Waals surface area contributed by atoms with E-state index in [2.05, 4.69) is 15.1 Å². The van der Waals surface area contributed by atoms with Gasteiger partial charge >= 0.3 is 0 Å². The van der Waals surface area contributed by atoms with Gasteiger partial charge in [0.2, 0.25) is 5.91 Å². The molecule has 1 aliphatic rings. The lowest BCUT2D eigenvalue weighted by Crippen LogP contribution is -2.37. The predicted octanol–water partition coefficient (Wildman–Crippen LogP) is 3.40. The van der Waals surface area contributed by atoms with E-state index >= 15 is 0 Å². The second-order valence-electron chi connectivity index (χ2n) is 9.44. The number of hydrogen-bond acceptors (Lipinski definition) is 6. The standard InChI is InChI=1S/C27H34ClN5O3/c1-19(2)29-25(34)18-33-26(20-6-4-7-21(28)16-20)30-24-9-8-22(17-23(24)27(33)35)32-11-5-10-31(12-13-32)14-15-36-3/h4,6-9,16-17,19H,5,10-15,18H2,1-3H3,(H,29,34). The smallest absolute Gasteiger partial charge is 0.262 e. The number of nitrogens with one attached hydrogen (secondary N) is 1. The number of aromatic nitrogens is 2.